The van der Waals surface area contributed by atoms with E-state index in [-0.39, 0.29) is 17.5 Å². The van der Waals surface area contributed by atoms with Gasteiger partial charge < -0.3 is 4.90 Å². The molecule has 0 aromatic heterocycles. The lowest BCUT2D eigenvalue weighted by Crippen LogP contribution is -2.33. The van der Waals surface area contributed by atoms with Crippen LogP contribution in [0.2, 0.25) is 0 Å². The van der Waals surface area contributed by atoms with Crippen molar-refractivity contribution >= 4 is 0 Å². The number of allylic oxidation sites excluding steroid dienone is 1. The van der Waals surface area contributed by atoms with Crippen molar-refractivity contribution < 1.29 is 13.2 Å². The number of likely N-dealkylation sites (tertiary alicyclic amines) is 1. The molecule has 3 aliphatic rings. The molecule has 0 N–H and O–H groups in total. The van der Waals surface area contributed by atoms with Crippen molar-refractivity contribution in [3.8, 4) is 0 Å². The molecule has 2 fully saturated rings. The van der Waals surface area contributed by atoms with Crippen LogP contribution in [0.1, 0.15) is 44.9 Å². The zero-order valence-electron chi connectivity index (χ0n) is 12.5. The van der Waals surface area contributed by atoms with Gasteiger partial charge in [-0.2, -0.15) is 18.1 Å². The molecule has 0 radical (unpaired) electrons. The Morgan fingerprint density at radius 1 is 1.18 bits per heavy atom. The Morgan fingerprint density at radius 2 is 1.91 bits per heavy atom. The van der Waals surface area contributed by atoms with E-state index in [1.165, 1.54) is 19.3 Å². The third kappa shape index (κ3) is 2.92. The van der Waals surface area contributed by atoms with E-state index in [0.29, 0.717) is 13.1 Å². The Hall–Kier alpha value is -1.33. The lowest BCUT2D eigenvalue weighted by atomic mass is 9.73. The topological polar surface area (TPSA) is 32.7 Å². The zero-order valence-corrected chi connectivity index (χ0v) is 12.5. The minimum atomic E-state index is -4.43. The first kappa shape index (κ1) is 15.6. The maximum Gasteiger partial charge on any atom is 0.418 e. The molecule has 0 bridgehead atoms. The van der Waals surface area contributed by atoms with E-state index < -0.39 is 17.8 Å². The lowest BCUT2D eigenvalue weighted by Gasteiger charge is -2.35. The van der Waals surface area contributed by atoms with Crippen LogP contribution in [0.3, 0.4) is 0 Å². The van der Waals surface area contributed by atoms with Gasteiger partial charge in [-0.05, 0) is 37.2 Å². The summed E-state index contributed by atoms with van der Waals surface area (Å²) in [6, 6.07) is -0.897. The van der Waals surface area contributed by atoms with Gasteiger partial charge in [0.2, 0.25) is 0 Å². The van der Waals surface area contributed by atoms with Crippen LogP contribution < -0.4 is 0 Å². The average Bonchev–Trinajstić information content (AvgIpc) is 2.90. The summed E-state index contributed by atoms with van der Waals surface area (Å²) in [7, 11) is 0. The third-order valence-electron chi connectivity index (χ3n) is 5.32. The summed E-state index contributed by atoms with van der Waals surface area (Å²) in [4.78, 5) is 12.5. The fourth-order valence-corrected chi connectivity index (χ4v) is 4.15. The van der Waals surface area contributed by atoms with Crippen LogP contribution in [0, 0.1) is 10.3 Å². The highest BCUT2D eigenvalue weighted by Gasteiger charge is 2.44. The van der Waals surface area contributed by atoms with E-state index in [1.54, 1.807) is 6.08 Å². The molecule has 1 atom stereocenters. The van der Waals surface area contributed by atoms with Gasteiger partial charge in [0.25, 0.3) is 0 Å². The van der Waals surface area contributed by atoms with Crippen molar-refractivity contribution in [1.82, 2.24) is 4.90 Å². The molecule has 1 saturated heterocycles. The Morgan fingerprint density at radius 3 is 2.55 bits per heavy atom. The van der Waals surface area contributed by atoms with Gasteiger partial charge >= 0.3 is 6.18 Å². The summed E-state index contributed by atoms with van der Waals surface area (Å²) in [6.45, 7) is 1.39. The van der Waals surface area contributed by atoms with Crippen molar-refractivity contribution in [2.24, 2.45) is 10.6 Å². The van der Waals surface area contributed by atoms with Crippen molar-refractivity contribution in [2.75, 3.05) is 13.1 Å². The largest absolute Gasteiger partial charge is 0.418 e. The van der Waals surface area contributed by atoms with Gasteiger partial charge in [0.15, 0.2) is 0 Å². The molecule has 3 rings (SSSR count). The molecule has 0 amide bonds. The summed E-state index contributed by atoms with van der Waals surface area (Å²) in [5.41, 5.74) is -0.221. The number of hydrogen-bond acceptors (Lipinski definition) is 3. The number of rotatable bonds is 2. The number of halogens is 3. The molecule has 1 unspecified atom stereocenters. The average molecular weight is 314 g/mol. The highest BCUT2D eigenvalue weighted by molar-refractivity contribution is 5.39. The molecule has 6 heteroatoms. The van der Waals surface area contributed by atoms with Crippen LogP contribution in [0.15, 0.2) is 28.6 Å². The van der Waals surface area contributed by atoms with E-state index >= 15 is 0 Å². The Bertz CT molecular complexity index is 504. The van der Waals surface area contributed by atoms with Gasteiger partial charge in [-0.1, -0.05) is 30.5 Å². The van der Waals surface area contributed by atoms with E-state index in [0.717, 1.165) is 25.3 Å². The number of alkyl halides is 3. The fraction of sp³-hybridized carbons (Fsp3) is 0.750. The molecule has 1 spiro atoms. The standard InChI is InChI=1S/C16H21F3N2O/c17-16(18,19)13-10-12(20-22)4-5-14(13)21-9-8-15(11-21)6-2-1-3-7-15/h5,10,12H,1-4,6-9,11H2. The Balaban J connectivity index is 1.80. The minimum Gasteiger partial charge on any atom is -0.371 e. The van der Waals surface area contributed by atoms with Crippen LogP contribution in [-0.2, 0) is 0 Å². The monoisotopic (exact) mass is 314 g/mol. The molecule has 1 saturated carbocycles. The second kappa shape index (κ2) is 5.70. The van der Waals surface area contributed by atoms with Crippen LogP contribution in [0.4, 0.5) is 13.2 Å². The minimum absolute atomic E-state index is 0.204. The molecule has 0 aromatic carbocycles. The summed E-state index contributed by atoms with van der Waals surface area (Å²) in [6.07, 6.45) is 5.22. The van der Waals surface area contributed by atoms with Crippen molar-refractivity contribution in [3.63, 3.8) is 0 Å². The molecule has 2 aliphatic carbocycles. The van der Waals surface area contributed by atoms with Gasteiger partial charge in [0.1, 0.15) is 6.04 Å². The van der Waals surface area contributed by atoms with E-state index in [1.807, 2.05) is 4.90 Å². The zero-order chi connectivity index (χ0) is 15.8. The van der Waals surface area contributed by atoms with Crippen LogP contribution in [0.25, 0.3) is 0 Å². The van der Waals surface area contributed by atoms with Crippen LogP contribution in [-0.4, -0.2) is 30.2 Å². The van der Waals surface area contributed by atoms with Gasteiger partial charge in [0, 0.05) is 18.8 Å². The molecule has 3 nitrogen and oxygen atoms in total. The smallest absolute Gasteiger partial charge is 0.371 e. The number of hydrogen-bond donors (Lipinski definition) is 0. The van der Waals surface area contributed by atoms with Crippen LogP contribution in [0.5, 0.6) is 0 Å². The van der Waals surface area contributed by atoms with E-state index in [2.05, 4.69) is 5.18 Å². The second-order valence-electron chi connectivity index (χ2n) is 6.81. The molecule has 0 aromatic rings. The fourth-order valence-electron chi connectivity index (χ4n) is 4.15. The highest BCUT2D eigenvalue weighted by atomic mass is 19.4. The van der Waals surface area contributed by atoms with Gasteiger partial charge in [-0.25, -0.2) is 0 Å². The summed E-state index contributed by atoms with van der Waals surface area (Å²) >= 11 is 0. The van der Waals surface area contributed by atoms with Gasteiger partial charge in [0.05, 0.1) is 5.57 Å². The predicted octanol–water partition coefficient (Wildman–Crippen LogP) is 4.55. The summed E-state index contributed by atoms with van der Waals surface area (Å²) in [5, 5.41) is 2.77. The molecule has 1 heterocycles. The number of nitroso groups, excluding NO2 is 1. The van der Waals surface area contributed by atoms with Crippen molar-refractivity contribution in [1.29, 1.82) is 0 Å². The van der Waals surface area contributed by atoms with E-state index in [9.17, 15) is 18.1 Å². The van der Waals surface area contributed by atoms with Gasteiger partial charge in [-0.3, -0.25) is 0 Å². The van der Waals surface area contributed by atoms with E-state index in [4.69, 9.17) is 0 Å². The summed E-state index contributed by atoms with van der Waals surface area (Å²) < 4.78 is 39.9. The summed E-state index contributed by atoms with van der Waals surface area (Å²) in [5.74, 6) is 0. The maximum atomic E-state index is 13.3. The van der Waals surface area contributed by atoms with Crippen LogP contribution >= 0.6 is 0 Å². The lowest BCUT2D eigenvalue weighted by molar-refractivity contribution is -0.0920. The third-order valence-corrected chi connectivity index (χ3v) is 5.32. The quantitative estimate of drug-likeness (QED) is 0.700. The Labute approximate surface area is 128 Å². The predicted molar refractivity (Wildman–Crippen MR) is 78.1 cm³/mol. The molecular weight excluding hydrogens is 293 g/mol. The Kier molecular flexibility index (Phi) is 4.03. The molecular formula is C16H21F3N2O. The first-order valence-electron chi connectivity index (χ1n) is 8.01. The van der Waals surface area contributed by atoms with Gasteiger partial charge in [-0.15, -0.1) is 0 Å². The van der Waals surface area contributed by atoms with Crippen molar-refractivity contribution in [3.05, 3.63) is 28.3 Å². The number of nitrogens with zero attached hydrogens (tertiary/aromatic N) is 2. The maximum absolute atomic E-state index is 13.3. The normalized spacial score (nSPS) is 28.5. The van der Waals surface area contributed by atoms with Crippen molar-refractivity contribution in [2.45, 2.75) is 57.2 Å². The molecule has 22 heavy (non-hydrogen) atoms. The second-order valence-corrected chi connectivity index (χ2v) is 6.81. The molecule has 1 aliphatic heterocycles. The first-order chi connectivity index (χ1) is 10.4. The molecule has 122 valence electrons. The SMILES string of the molecule is O=NC1C=C(C(F)(F)F)C(N2CCC3(CCCCC3)C2)=CC1. The first-order valence-corrected chi connectivity index (χ1v) is 8.01. The highest BCUT2D eigenvalue weighted by Crippen LogP contribution is 2.47.